The summed E-state index contributed by atoms with van der Waals surface area (Å²) in [4.78, 5) is 15.1. The second-order valence-corrected chi connectivity index (χ2v) is 8.39. The Kier molecular flexibility index (Phi) is 5.30. The number of hydrogen-bond donors (Lipinski definition) is 2. The van der Waals surface area contributed by atoms with Gasteiger partial charge in [-0.05, 0) is 49.1 Å². The number of nitrogens with zero attached hydrogens (tertiary/aromatic N) is 1. The Balaban J connectivity index is 1.32. The van der Waals surface area contributed by atoms with Crippen molar-refractivity contribution in [3.05, 3.63) is 35.4 Å². The molecule has 1 aromatic carbocycles. The van der Waals surface area contributed by atoms with Crippen LogP contribution in [-0.4, -0.2) is 42.6 Å². The van der Waals surface area contributed by atoms with Crippen LogP contribution in [0.4, 0.5) is 0 Å². The minimum absolute atomic E-state index is 0.0202. The largest absolute Gasteiger partial charge is 0.376 e. The zero-order valence-electron chi connectivity index (χ0n) is 15.7. The maximum absolute atomic E-state index is 12.6. The molecule has 1 aromatic rings. The predicted octanol–water partition coefficient (Wildman–Crippen LogP) is 1.90. The van der Waals surface area contributed by atoms with Gasteiger partial charge in [-0.2, -0.15) is 0 Å². The van der Waals surface area contributed by atoms with E-state index in [1.807, 2.05) is 0 Å². The Labute approximate surface area is 156 Å². The molecule has 4 rings (SSSR count). The van der Waals surface area contributed by atoms with Gasteiger partial charge in [-0.3, -0.25) is 9.69 Å². The van der Waals surface area contributed by atoms with Gasteiger partial charge < -0.3 is 15.8 Å². The van der Waals surface area contributed by atoms with Crippen molar-refractivity contribution in [2.24, 2.45) is 23.5 Å². The van der Waals surface area contributed by atoms with Gasteiger partial charge in [0.05, 0.1) is 18.6 Å². The van der Waals surface area contributed by atoms with Gasteiger partial charge in [-0.1, -0.05) is 24.3 Å². The van der Waals surface area contributed by atoms with Gasteiger partial charge in [0.15, 0.2) is 0 Å². The number of nitrogens with two attached hydrogens (primary N) is 1. The van der Waals surface area contributed by atoms with E-state index < -0.39 is 0 Å². The molecule has 1 amide bonds. The molecular weight excluding hydrogens is 326 g/mol. The second kappa shape index (κ2) is 7.67. The van der Waals surface area contributed by atoms with Gasteiger partial charge in [-0.15, -0.1) is 0 Å². The van der Waals surface area contributed by atoms with Gasteiger partial charge in [0, 0.05) is 32.2 Å². The number of fused-ring (bicyclic) bond motifs is 2. The van der Waals surface area contributed by atoms with Crippen LogP contribution in [-0.2, 0) is 22.6 Å². The number of carbonyl (C=O) groups excluding carboxylic acids is 1. The molecule has 1 aliphatic heterocycles. The molecule has 1 heterocycles. The van der Waals surface area contributed by atoms with Gasteiger partial charge >= 0.3 is 0 Å². The SMILES string of the molecule is CC1CN(Cc2cccc(CNC(=O)C3C4CCC(C4)C3N)c2)CCO1. The maximum atomic E-state index is 12.6. The van der Waals surface area contributed by atoms with Gasteiger partial charge in [0.1, 0.15) is 0 Å². The third-order valence-corrected chi connectivity index (χ3v) is 6.47. The molecule has 0 radical (unpaired) electrons. The zero-order chi connectivity index (χ0) is 18.1. The van der Waals surface area contributed by atoms with Crippen molar-refractivity contribution in [2.75, 3.05) is 19.7 Å². The molecule has 3 aliphatic rings. The van der Waals surface area contributed by atoms with Crippen LogP contribution in [0.1, 0.15) is 37.3 Å². The van der Waals surface area contributed by atoms with E-state index in [1.165, 1.54) is 18.4 Å². The van der Waals surface area contributed by atoms with E-state index in [0.717, 1.165) is 38.2 Å². The number of carbonyl (C=O) groups is 1. The van der Waals surface area contributed by atoms with E-state index in [-0.39, 0.29) is 17.9 Å². The Hall–Kier alpha value is -1.43. The highest BCUT2D eigenvalue weighted by Gasteiger charge is 2.48. The van der Waals surface area contributed by atoms with Crippen molar-refractivity contribution in [3.63, 3.8) is 0 Å². The van der Waals surface area contributed by atoms with E-state index in [0.29, 0.717) is 24.5 Å². The lowest BCUT2D eigenvalue weighted by atomic mass is 9.84. The Morgan fingerprint density at radius 1 is 1.31 bits per heavy atom. The summed E-state index contributed by atoms with van der Waals surface area (Å²) in [6.07, 6.45) is 3.83. The lowest BCUT2D eigenvalue weighted by Gasteiger charge is -2.31. The van der Waals surface area contributed by atoms with Crippen molar-refractivity contribution in [2.45, 2.75) is 51.4 Å². The quantitative estimate of drug-likeness (QED) is 0.845. The number of benzene rings is 1. The molecule has 2 saturated carbocycles. The van der Waals surface area contributed by atoms with Crippen LogP contribution >= 0.6 is 0 Å². The second-order valence-electron chi connectivity index (χ2n) is 8.39. The van der Waals surface area contributed by atoms with Gasteiger partial charge in [-0.25, -0.2) is 0 Å². The van der Waals surface area contributed by atoms with Crippen LogP contribution in [0.25, 0.3) is 0 Å². The average Bonchev–Trinajstić information content (AvgIpc) is 3.21. The summed E-state index contributed by atoms with van der Waals surface area (Å²) in [5.41, 5.74) is 8.75. The first-order chi connectivity index (χ1) is 12.6. The van der Waals surface area contributed by atoms with Crippen LogP contribution in [0.2, 0.25) is 0 Å². The molecule has 5 unspecified atom stereocenters. The fraction of sp³-hybridized carbons (Fsp3) is 0.667. The van der Waals surface area contributed by atoms with E-state index in [2.05, 4.69) is 41.4 Å². The molecule has 3 fully saturated rings. The topological polar surface area (TPSA) is 67.6 Å². The third-order valence-electron chi connectivity index (χ3n) is 6.47. The standard InChI is InChI=1S/C21H31N3O2/c1-14-12-24(7-8-26-14)13-16-4-2-3-15(9-16)11-23-21(25)19-17-5-6-18(10-17)20(19)22/h2-4,9,14,17-20H,5-8,10-13,22H2,1H3,(H,23,25). The van der Waals surface area contributed by atoms with Crippen molar-refractivity contribution in [1.82, 2.24) is 10.2 Å². The molecule has 1 saturated heterocycles. The summed E-state index contributed by atoms with van der Waals surface area (Å²) in [5, 5.41) is 3.14. The Bertz CT molecular complexity index is 648. The van der Waals surface area contributed by atoms with Crippen molar-refractivity contribution in [3.8, 4) is 0 Å². The normalized spacial score (nSPS) is 34.2. The molecule has 2 bridgehead atoms. The highest BCUT2D eigenvalue weighted by atomic mass is 16.5. The zero-order valence-corrected chi connectivity index (χ0v) is 15.7. The van der Waals surface area contributed by atoms with Crippen molar-refractivity contribution < 1.29 is 9.53 Å². The van der Waals surface area contributed by atoms with Crippen molar-refractivity contribution in [1.29, 1.82) is 0 Å². The molecule has 26 heavy (non-hydrogen) atoms. The van der Waals surface area contributed by atoms with E-state index in [9.17, 15) is 4.79 Å². The van der Waals surface area contributed by atoms with Crippen LogP contribution in [0, 0.1) is 17.8 Å². The number of amides is 1. The minimum atomic E-state index is 0.0202. The highest BCUT2D eigenvalue weighted by Crippen LogP contribution is 2.47. The fourth-order valence-electron chi connectivity index (χ4n) is 5.16. The first-order valence-corrected chi connectivity index (χ1v) is 10.0. The van der Waals surface area contributed by atoms with Crippen LogP contribution in [0.5, 0.6) is 0 Å². The molecule has 5 heteroatoms. The number of hydrogen-bond acceptors (Lipinski definition) is 4. The summed E-state index contributed by atoms with van der Waals surface area (Å²) in [7, 11) is 0. The minimum Gasteiger partial charge on any atom is -0.376 e. The van der Waals surface area contributed by atoms with E-state index in [1.54, 1.807) is 0 Å². The first kappa shape index (κ1) is 18.0. The number of nitrogens with one attached hydrogen (secondary N) is 1. The van der Waals surface area contributed by atoms with E-state index in [4.69, 9.17) is 10.5 Å². The molecular formula is C21H31N3O2. The summed E-state index contributed by atoms with van der Waals surface area (Å²) in [6.45, 7) is 6.41. The van der Waals surface area contributed by atoms with Crippen molar-refractivity contribution >= 4 is 5.91 Å². The van der Waals surface area contributed by atoms with Gasteiger partial charge in [0.2, 0.25) is 5.91 Å². The molecule has 0 aromatic heterocycles. The monoisotopic (exact) mass is 357 g/mol. The smallest absolute Gasteiger partial charge is 0.225 e. The first-order valence-electron chi connectivity index (χ1n) is 10.0. The lowest BCUT2D eigenvalue weighted by molar-refractivity contribution is -0.127. The third kappa shape index (κ3) is 3.80. The Morgan fingerprint density at radius 3 is 2.88 bits per heavy atom. The van der Waals surface area contributed by atoms with Crippen LogP contribution < -0.4 is 11.1 Å². The molecule has 5 nitrogen and oxygen atoms in total. The van der Waals surface area contributed by atoms with Gasteiger partial charge in [0.25, 0.3) is 0 Å². The summed E-state index contributed by atoms with van der Waals surface area (Å²) in [5.74, 6) is 1.24. The number of rotatable bonds is 5. The van der Waals surface area contributed by atoms with E-state index >= 15 is 0 Å². The summed E-state index contributed by atoms with van der Waals surface area (Å²) >= 11 is 0. The molecule has 3 N–H and O–H groups in total. The molecule has 142 valence electrons. The lowest BCUT2D eigenvalue weighted by Crippen LogP contribution is -2.45. The van der Waals surface area contributed by atoms with Crippen LogP contribution in [0.15, 0.2) is 24.3 Å². The number of morpholine rings is 1. The fourth-order valence-corrected chi connectivity index (χ4v) is 5.16. The highest BCUT2D eigenvalue weighted by molar-refractivity contribution is 5.80. The maximum Gasteiger partial charge on any atom is 0.225 e. The summed E-state index contributed by atoms with van der Waals surface area (Å²) in [6, 6.07) is 8.61. The summed E-state index contributed by atoms with van der Waals surface area (Å²) < 4.78 is 5.61. The van der Waals surface area contributed by atoms with Crippen LogP contribution in [0.3, 0.4) is 0 Å². The average molecular weight is 357 g/mol. The molecule has 2 aliphatic carbocycles. The number of ether oxygens (including phenoxy) is 1. The molecule has 0 spiro atoms. The molecule has 5 atom stereocenters. The predicted molar refractivity (Wildman–Crippen MR) is 101 cm³/mol. The Morgan fingerprint density at radius 2 is 2.12 bits per heavy atom.